The van der Waals surface area contributed by atoms with Gasteiger partial charge in [0.2, 0.25) is 5.91 Å². The SMILES string of the molecule is CC(C)(C)C(N)C(=O)NC1CCSCC1. The summed E-state index contributed by atoms with van der Waals surface area (Å²) in [5.41, 5.74) is 5.73. The zero-order valence-corrected chi connectivity index (χ0v) is 10.7. The molecule has 0 saturated carbocycles. The molecule has 1 saturated heterocycles. The average molecular weight is 230 g/mol. The fourth-order valence-corrected chi connectivity index (χ4v) is 2.63. The lowest BCUT2D eigenvalue weighted by atomic mass is 9.86. The minimum atomic E-state index is -0.410. The van der Waals surface area contributed by atoms with Gasteiger partial charge in [0.25, 0.3) is 0 Å². The van der Waals surface area contributed by atoms with E-state index < -0.39 is 6.04 Å². The highest BCUT2D eigenvalue weighted by molar-refractivity contribution is 7.99. The van der Waals surface area contributed by atoms with Gasteiger partial charge in [0.15, 0.2) is 0 Å². The number of amides is 1. The van der Waals surface area contributed by atoms with Crippen LogP contribution in [-0.4, -0.2) is 29.5 Å². The van der Waals surface area contributed by atoms with E-state index >= 15 is 0 Å². The number of thioether (sulfide) groups is 1. The van der Waals surface area contributed by atoms with Crippen molar-refractivity contribution in [2.75, 3.05) is 11.5 Å². The molecule has 15 heavy (non-hydrogen) atoms. The van der Waals surface area contributed by atoms with Crippen molar-refractivity contribution in [1.29, 1.82) is 0 Å². The zero-order valence-electron chi connectivity index (χ0n) is 9.88. The highest BCUT2D eigenvalue weighted by Gasteiger charge is 2.29. The Morgan fingerprint density at radius 1 is 1.40 bits per heavy atom. The second-order valence-electron chi connectivity index (χ2n) is 5.24. The van der Waals surface area contributed by atoms with Crippen molar-refractivity contribution in [3.05, 3.63) is 0 Å². The third kappa shape index (κ3) is 4.03. The molecule has 1 aliphatic rings. The van der Waals surface area contributed by atoms with Gasteiger partial charge < -0.3 is 11.1 Å². The first-order valence-corrected chi connectivity index (χ1v) is 6.70. The van der Waals surface area contributed by atoms with Crippen LogP contribution >= 0.6 is 11.8 Å². The summed E-state index contributed by atoms with van der Waals surface area (Å²) in [7, 11) is 0. The monoisotopic (exact) mass is 230 g/mol. The Hall–Kier alpha value is -0.220. The van der Waals surface area contributed by atoms with E-state index in [1.165, 1.54) is 0 Å². The van der Waals surface area contributed by atoms with Crippen molar-refractivity contribution in [1.82, 2.24) is 5.32 Å². The summed E-state index contributed by atoms with van der Waals surface area (Å²) >= 11 is 1.96. The van der Waals surface area contributed by atoms with Crippen molar-refractivity contribution >= 4 is 17.7 Å². The molecule has 0 radical (unpaired) electrons. The summed E-state index contributed by atoms with van der Waals surface area (Å²) in [5.74, 6) is 2.30. The maximum atomic E-state index is 11.8. The van der Waals surface area contributed by atoms with Gasteiger partial charge in [0.1, 0.15) is 0 Å². The lowest BCUT2D eigenvalue weighted by Gasteiger charge is -2.29. The first kappa shape index (κ1) is 12.8. The molecule has 1 atom stereocenters. The van der Waals surface area contributed by atoms with Crippen LogP contribution in [0.5, 0.6) is 0 Å². The molecule has 0 aliphatic carbocycles. The Labute approximate surface area is 96.6 Å². The molecule has 88 valence electrons. The molecule has 0 aromatic rings. The van der Waals surface area contributed by atoms with E-state index in [1.807, 2.05) is 32.5 Å². The smallest absolute Gasteiger partial charge is 0.237 e. The topological polar surface area (TPSA) is 55.1 Å². The Balaban J connectivity index is 2.40. The summed E-state index contributed by atoms with van der Waals surface area (Å²) in [6.07, 6.45) is 2.15. The number of rotatable bonds is 2. The lowest BCUT2D eigenvalue weighted by Crippen LogP contribution is -2.51. The summed E-state index contributed by atoms with van der Waals surface area (Å²) in [4.78, 5) is 11.8. The van der Waals surface area contributed by atoms with Crippen LogP contribution in [0.4, 0.5) is 0 Å². The van der Waals surface area contributed by atoms with Crippen molar-refractivity contribution in [2.24, 2.45) is 11.1 Å². The fraction of sp³-hybridized carbons (Fsp3) is 0.909. The molecule has 4 heteroatoms. The van der Waals surface area contributed by atoms with Gasteiger partial charge in [-0.1, -0.05) is 20.8 Å². The van der Waals surface area contributed by atoms with Gasteiger partial charge in [0, 0.05) is 6.04 Å². The molecule has 1 amide bonds. The summed E-state index contributed by atoms with van der Waals surface area (Å²) in [6, 6.07) is -0.0702. The largest absolute Gasteiger partial charge is 0.352 e. The van der Waals surface area contributed by atoms with Crippen LogP contribution in [0.3, 0.4) is 0 Å². The van der Waals surface area contributed by atoms with Crippen molar-refractivity contribution < 1.29 is 4.79 Å². The van der Waals surface area contributed by atoms with E-state index in [9.17, 15) is 4.79 Å². The molecule has 3 nitrogen and oxygen atoms in total. The number of carbonyl (C=O) groups excluding carboxylic acids is 1. The van der Waals surface area contributed by atoms with E-state index in [0.29, 0.717) is 6.04 Å². The minimum absolute atomic E-state index is 0.000556. The molecule has 1 aliphatic heterocycles. The van der Waals surface area contributed by atoms with Gasteiger partial charge >= 0.3 is 0 Å². The standard InChI is InChI=1S/C11H22N2OS/c1-11(2,3)9(12)10(14)13-8-4-6-15-7-5-8/h8-9H,4-7,12H2,1-3H3,(H,13,14). The van der Waals surface area contributed by atoms with Crippen LogP contribution in [0, 0.1) is 5.41 Å². The van der Waals surface area contributed by atoms with E-state index in [2.05, 4.69) is 5.32 Å². The zero-order chi connectivity index (χ0) is 11.5. The Bertz CT molecular complexity index is 219. The van der Waals surface area contributed by atoms with Gasteiger partial charge in [-0.25, -0.2) is 0 Å². The van der Waals surface area contributed by atoms with Crippen LogP contribution in [0.2, 0.25) is 0 Å². The fourth-order valence-electron chi connectivity index (χ4n) is 1.53. The van der Waals surface area contributed by atoms with Crippen LogP contribution in [0.25, 0.3) is 0 Å². The third-order valence-electron chi connectivity index (χ3n) is 2.78. The molecule has 0 aromatic heterocycles. The van der Waals surface area contributed by atoms with E-state index in [-0.39, 0.29) is 11.3 Å². The summed E-state index contributed by atoms with van der Waals surface area (Å²) in [6.45, 7) is 5.98. The molecule has 1 unspecified atom stereocenters. The normalized spacial score (nSPS) is 21.1. The highest BCUT2D eigenvalue weighted by atomic mass is 32.2. The van der Waals surface area contributed by atoms with Crippen LogP contribution < -0.4 is 11.1 Å². The number of hydrogen-bond acceptors (Lipinski definition) is 3. The molecule has 1 heterocycles. The van der Waals surface area contributed by atoms with Crippen molar-refractivity contribution in [3.63, 3.8) is 0 Å². The maximum absolute atomic E-state index is 11.8. The minimum Gasteiger partial charge on any atom is -0.352 e. The molecule has 1 rings (SSSR count). The van der Waals surface area contributed by atoms with Crippen LogP contribution in [0.1, 0.15) is 33.6 Å². The second kappa shape index (κ2) is 5.21. The number of hydrogen-bond donors (Lipinski definition) is 2. The predicted molar refractivity (Wildman–Crippen MR) is 65.9 cm³/mol. The first-order valence-electron chi connectivity index (χ1n) is 5.55. The summed E-state index contributed by atoms with van der Waals surface area (Å²) < 4.78 is 0. The molecule has 0 bridgehead atoms. The molecule has 0 aromatic carbocycles. The predicted octanol–water partition coefficient (Wildman–Crippen LogP) is 1.37. The molecule has 0 spiro atoms. The van der Waals surface area contributed by atoms with Gasteiger partial charge in [-0.2, -0.15) is 11.8 Å². The van der Waals surface area contributed by atoms with E-state index in [1.54, 1.807) is 0 Å². The Morgan fingerprint density at radius 3 is 2.40 bits per heavy atom. The number of nitrogens with two attached hydrogens (primary N) is 1. The quantitative estimate of drug-likeness (QED) is 0.753. The van der Waals surface area contributed by atoms with Crippen molar-refractivity contribution in [2.45, 2.75) is 45.7 Å². The lowest BCUT2D eigenvalue weighted by molar-refractivity contribution is -0.125. The Kier molecular flexibility index (Phi) is 4.46. The third-order valence-corrected chi connectivity index (χ3v) is 3.83. The van der Waals surface area contributed by atoms with E-state index in [0.717, 1.165) is 24.3 Å². The second-order valence-corrected chi connectivity index (χ2v) is 6.46. The average Bonchev–Trinajstić information content (AvgIpc) is 2.16. The highest BCUT2D eigenvalue weighted by Crippen LogP contribution is 2.20. The summed E-state index contributed by atoms with van der Waals surface area (Å²) in [5, 5.41) is 3.05. The molecular formula is C11H22N2OS. The van der Waals surface area contributed by atoms with Gasteiger partial charge in [0.05, 0.1) is 6.04 Å². The maximum Gasteiger partial charge on any atom is 0.237 e. The molecule has 3 N–H and O–H groups in total. The van der Waals surface area contributed by atoms with Gasteiger partial charge in [-0.3, -0.25) is 4.79 Å². The van der Waals surface area contributed by atoms with Crippen LogP contribution in [-0.2, 0) is 4.79 Å². The first-order chi connectivity index (χ1) is 6.91. The molecular weight excluding hydrogens is 208 g/mol. The van der Waals surface area contributed by atoms with E-state index in [4.69, 9.17) is 5.73 Å². The molecule has 1 fully saturated rings. The number of nitrogens with one attached hydrogen (secondary N) is 1. The number of carbonyl (C=O) groups is 1. The van der Waals surface area contributed by atoms with Crippen LogP contribution in [0.15, 0.2) is 0 Å². The van der Waals surface area contributed by atoms with Crippen molar-refractivity contribution in [3.8, 4) is 0 Å². The van der Waals surface area contributed by atoms with Gasteiger partial charge in [-0.05, 0) is 29.8 Å². The Morgan fingerprint density at radius 2 is 1.93 bits per heavy atom. The van der Waals surface area contributed by atoms with Gasteiger partial charge in [-0.15, -0.1) is 0 Å².